The Morgan fingerprint density at radius 2 is 1.43 bits per heavy atom. The molecule has 0 radical (unpaired) electrons. The fourth-order valence-corrected chi connectivity index (χ4v) is 3.87. The highest BCUT2D eigenvalue weighted by Gasteiger charge is 2.29. The average Bonchev–Trinajstić information content (AvgIpc) is 2.65. The predicted molar refractivity (Wildman–Crippen MR) is 123 cm³/mol. The van der Waals surface area contributed by atoms with E-state index in [4.69, 9.17) is 9.73 Å². The summed E-state index contributed by atoms with van der Waals surface area (Å²) in [5.41, 5.74) is 2.36. The van der Waals surface area contributed by atoms with Gasteiger partial charge >= 0.3 is 5.97 Å². The van der Waals surface area contributed by atoms with Crippen molar-refractivity contribution in [1.29, 1.82) is 0 Å². The van der Waals surface area contributed by atoms with Gasteiger partial charge in [0.2, 0.25) is 0 Å². The van der Waals surface area contributed by atoms with Gasteiger partial charge in [0.05, 0.1) is 5.71 Å². The molecule has 2 aromatic rings. The second kappa shape index (κ2) is 9.42. The summed E-state index contributed by atoms with van der Waals surface area (Å²) in [6, 6.07) is 19.6. The fourth-order valence-electron chi connectivity index (χ4n) is 2.71. The third kappa shape index (κ3) is 6.83. The van der Waals surface area contributed by atoms with Gasteiger partial charge in [-0.1, -0.05) is 67.6 Å². The molecule has 152 valence electrons. The van der Waals surface area contributed by atoms with Gasteiger partial charge < -0.3 is 4.74 Å². The molecule has 3 nitrogen and oxygen atoms in total. The van der Waals surface area contributed by atoms with E-state index in [1.54, 1.807) is 0 Å². The Morgan fingerprint density at radius 3 is 1.82 bits per heavy atom. The molecule has 1 atom stereocenters. The summed E-state index contributed by atoms with van der Waals surface area (Å²) in [5.74, 6) is 0.466. The van der Waals surface area contributed by atoms with E-state index in [1.807, 2.05) is 81.4 Å². The molecular formula is C24H33NO2S. The summed E-state index contributed by atoms with van der Waals surface area (Å²) in [4.78, 5) is 18.1. The number of aliphatic imine (C=N–C) groups is 1. The van der Waals surface area contributed by atoms with Crippen LogP contribution in [0.4, 0.5) is 0 Å². The van der Waals surface area contributed by atoms with E-state index < -0.39 is 21.7 Å². The number of nitrogens with zero attached hydrogens (tertiary/aromatic N) is 1. The summed E-state index contributed by atoms with van der Waals surface area (Å²) in [7, 11) is -0.949. The smallest absolute Gasteiger partial charge is 0.332 e. The highest BCUT2D eigenvalue weighted by atomic mass is 32.3. The van der Waals surface area contributed by atoms with Crippen molar-refractivity contribution in [3.63, 3.8) is 0 Å². The van der Waals surface area contributed by atoms with E-state index in [0.717, 1.165) is 23.3 Å². The summed E-state index contributed by atoms with van der Waals surface area (Å²) >= 11 is 0. The van der Waals surface area contributed by atoms with Gasteiger partial charge in [-0.05, 0) is 39.0 Å². The second-order valence-electron chi connectivity index (χ2n) is 8.52. The van der Waals surface area contributed by atoms with Crippen molar-refractivity contribution in [1.82, 2.24) is 0 Å². The Hall–Kier alpha value is -2.07. The van der Waals surface area contributed by atoms with E-state index >= 15 is 0 Å². The van der Waals surface area contributed by atoms with Gasteiger partial charge in [-0.15, -0.1) is 0 Å². The second-order valence-corrected chi connectivity index (χ2v) is 13.0. The predicted octanol–water partition coefficient (Wildman–Crippen LogP) is 5.32. The maximum absolute atomic E-state index is 13.1. The van der Waals surface area contributed by atoms with Crippen LogP contribution < -0.4 is 0 Å². The molecule has 2 aromatic carbocycles. The number of rotatable bonds is 8. The van der Waals surface area contributed by atoms with E-state index in [9.17, 15) is 4.79 Å². The summed E-state index contributed by atoms with van der Waals surface area (Å²) in [6.45, 7) is 5.93. The molecular weight excluding hydrogens is 366 g/mol. The van der Waals surface area contributed by atoms with Crippen molar-refractivity contribution in [2.45, 2.75) is 38.8 Å². The molecule has 0 unspecified atom stereocenters. The summed E-state index contributed by atoms with van der Waals surface area (Å²) in [5, 5.41) is 0. The number of carbonyl (C=O) groups excluding carboxylic acids is 1. The van der Waals surface area contributed by atoms with Gasteiger partial charge in [0.15, 0.2) is 6.04 Å². The summed E-state index contributed by atoms with van der Waals surface area (Å²) in [6.07, 6.45) is 7.39. The van der Waals surface area contributed by atoms with Gasteiger partial charge in [0.25, 0.3) is 0 Å². The SMILES string of the molecule is CCC(C)(C)OC(=O)[C@H](CS(C)(C)C)N=C(c1ccccc1)c1ccccc1. The van der Waals surface area contributed by atoms with Gasteiger partial charge in [-0.3, -0.25) is 4.99 Å². The Balaban J connectivity index is 2.50. The molecule has 0 amide bonds. The molecule has 2 rings (SSSR count). The Morgan fingerprint density at radius 1 is 0.964 bits per heavy atom. The molecule has 0 saturated carbocycles. The number of ether oxygens (including phenoxy) is 1. The quantitative estimate of drug-likeness (QED) is 0.445. The fraction of sp³-hybridized carbons (Fsp3) is 0.417. The number of hydrogen-bond acceptors (Lipinski definition) is 3. The van der Waals surface area contributed by atoms with Gasteiger partial charge in [-0.25, -0.2) is 14.8 Å². The normalized spacial score (nSPS) is 13.5. The van der Waals surface area contributed by atoms with Crippen LogP contribution in [0.25, 0.3) is 0 Å². The highest BCUT2D eigenvalue weighted by molar-refractivity contribution is 8.32. The van der Waals surface area contributed by atoms with Gasteiger partial charge in [-0.2, -0.15) is 0 Å². The molecule has 0 saturated heterocycles. The third-order valence-corrected chi connectivity index (χ3v) is 5.85. The van der Waals surface area contributed by atoms with Gasteiger partial charge in [0, 0.05) is 16.9 Å². The molecule has 0 aliphatic carbocycles. The van der Waals surface area contributed by atoms with Gasteiger partial charge in [0.1, 0.15) is 5.60 Å². The molecule has 0 aliphatic rings. The molecule has 0 heterocycles. The highest BCUT2D eigenvalue weighted by Crippen LogP contribution is 2.36. The molecule has 4 heteroatoms. The zero-order valence-corrected chi connectivity index (χ0v) is 18.8. The lowest BCUT2D eigenvalue weighted by Crippen LogP contribution is -2.36. The molecule has 0 fully saturated rings. The molecule has 0 bridgehead atoms. The minimum Gasteiger partial charge on any atom is -0.458 e. The molecule has 0 aliphatic heterocycles. The largest absolute Gasteiger partial charge is 0.458 e. The first-order chi connectivity index (χ1) is 13.1. The number of esters is 1. The monoisotopic (exact) mass is 399 g/mol. The molecule has 0 N–H and O–H groups in total. The van der Waals surface area contributed by atoms with Crippen LogP contribution in [0.5, 0.6) is 0 Å². The average molecular weight is 400 g/mol. The van der Waals surface area contributed by atoms with Crippen molar-refractivity contribution in [2.24, 2.45) is 4.99 Å². The molecule has 28 heavy (non-hydrogen) atoms. The number of hydrogen-bond donors (Lipinski definition) is 0. The third-order valence-electron chi connectivity index (χ3n) is 4.54. The van der Waals surface area contributed by atoms with Crippen LogP contribution in [-0.4, -0.2) is 47.8 Å². The summed E-state index contributed by atoms with van der Waals surface area (Å²) < 4.78 is 5.83. The van der Waals surface area contributed by atoms with Crippen molar-refractivity contribution >= 4 is 21.7 Å². The van der Waals surface area contributed by atoms with Crippen LogP contribution >= 0.6 is 10.0 Å². The number of benzene rings is 2. The van der Waals surface area contributed by atoms with E-state index in [1.165, 1.54) is 0 Å². The van der Waals surface area contributed by atoms with Crippen LogP contribution in [0.15, 0.2) is 65.7 Å². The number of carbonyl (C=O) groups is 1. The Labute approximate surface area is 171 Å². The topological polar surface area (TPSA) is 38.7 Å². The zero-order valence-electron chi connectivity index (χ0n) is 17.9. The minimum absolute atomic E-state index is 0.237. The lowest BCUT2D eigenvalue weighted by atomic mass is 10.0. The standard InChI is InChI=1S/C24H33NO2S/c1-7-24(2,3)27-23(26)21(18-28(4,5)6)25-22(19-14-10-8-11-15-19)20-16-12-9-13-17-20/h8-17,21H,7,18H2,1-6H3/t21-/m0/s1. The van der Waals surface area contributed by atoms with Crippen LogP contribution in [0.2, 0.25) is 0 Å². The first-order valence-corrected chi connectivity index (χ1v) is 12.7. The molecule has 0 aromatic heterocycles. The van der Waals surface area contributed by atoms with Crippen molar-refractivity contribution in [2.75, 3.05) is 24.5 Å². The van der Waals surface area contributed by atoms with Crippen molar-refractivity contribution in [3.05, 3.63) is 71.8 Å². The van der Waals surface area contributed by atoms with Crippen LogP contribution in [-0.2, 0) is 9.53 Å². The first kappa shape index (κ1) is 22.2. The maximum atomic E-state index is 13.1. The lowest BCUT2D eigenvalue weighted by molar-refractivity contribution is -0.157. The first-order valence-electron chi connectivity index (χ1n) is 9.69. The zero-order chi connectivity index (χ0) is 20.8. The van der Waals surface area contributed by atoms with E-state index in [0.29, 0.717) is 5.75 Å². The van der Waals surface area contributed by atoms with E-state index in [-0.39, 0.29) is 5.97 Å². The van der Waals surface area contributed by atoms with Crippen molar-refractivity contribution in [3.8, 4) is 0 Å². The van der Waals surface area contributed by atoms with Crippen molar-refractivity contribution < 1.29 is 9.53 Å². The van der Waals surface area contributed by atoms with Crippen LogP contribution in [0, 0.1) is 0 Å². The Kier molecular flexibility index (Phi) is 7.48. The molecule has 0 spiro atoms. The Bertz CT molecular complexity index is 751. The minimum atomic E-state index is -0.949. The van der Waals surface area contributed by atoms with Crippen LogP contribution in [0.1, 0.15) is 38.3 Å². The maximum Gasteiger partial charge on any atom is 0.332 e. The lowest BCUT2D eigenvalue weighted by Gasteiger charge is -2.31. The van der Waals surface area contributed by atoms with E-state index in [2.05, 4.69) is 18.8 Å². The van der Waals surface area contributed by atoms with Crippen LogP contribution in [0.3, 0.4) is 0 Å².